The van der Waals surface area contributed by atoms with Crippen molar-refractivity contribution in [3.63, 3.8) is 0 Å². The van der Waals surface area contributed by atoms with Crippen LogP contribution in [0.1, 0.15) is 38.5 Å². The molecule has 3 N–H and O–H groups in total. The Hall–Kier alpha value is -0.340. The molecule has 3 aliphatic rings. The Morgan fingerprint density at radius 2 is 2.07 bits per heavy atom. The SMILES string of the molecule is NCC1(NC2CC=CC2)CC2CCC1C2. The van der Waals surface area contributed by atoms with Gasteiger partial charge in [0.15, 0.2) is 0 Å². The van der Waals surface area contributed by atoms with E-state index in [1.807, 2.05) is 0 Å². The molecule has 3 unspecified atom stereocenters. The zero-order valence-corrected chi connectivity index (χ0v) is 9.41. The summed E-state index contributed by atoms with van der Waals surface area (Å²) in [6.07, 6.45) is 12.7. The van der Waals surface area contributed by atoms with E-state index in [0.29, 0.717) is 11.6 Å². The van der Waals surface area contributed by atoms with Gasteiger partial charge in [-0.1, -0.05) is 18.6 Å². The first-order valence-electron chi connectivity index (χ1n) is 6.45. The van der Waals surface area contributed by atoms with Crippen molar-refractivity contribution in [2.24, 2.45) is 17.6 Å². The monoisotopic (exact) mass is 206 g/mol. The molecule has 0 amide bonds. The Balaban J connectivity index is 1.70. The molecular weight excluding hydrogens is 184 g/mol. The second kappa shape index (κ2) is 3.60. The lowest BCUT2D eigenvalue weighted by molar-refractivity contribution is 0.195. The summed E-state index contributed by atoms with van der Waals surface area (Å²) in [6.45, 7) is 0.838. The number of fused-ring (bicyclic) bond motifs is 2. The van der Waals surface area contributed by atoms with E-state index >= 15 is 0 Å². The van der Waals surface area contributed by atoms with Crippen molar-refractivity contribution in [1.82, 2.24) is 5.32 Å². The molecule has 2 fully saturated rings. The average Bonchev–Trinajstić information content (AvgIpc) is 2.93. The summed E-state index contributed by atoms with van der Waals surface area (Å²) in [5.74, 6) is 1.84. The van der Waals surface area contributed by atoms with E-state index < -0.39 is 0 Å². The molecule has 0 aromatic heterocycles. The number of nitrogens with one attached hydrogen (secondary N) is 1. The lowest BCUT2D eigenvalue weighted by atomic mass is 9.80. The van der Waals surface area contributed by atoms with Gasteiger partial charge in [0.25, 0.3) is 0 Å². The molecule has 3 aliphatic carbocycles. The topological polar surface area (TPSA) is 38.0 Å². The molecule has 0 aromatic carbocycles. The first-order valence-corrected chi connectivity index (χ1v) is 6.45. The third-order valence-electron chi connectivity index (χ3n) is 4.84. The molecule has 3 atom stereocenters. The van der Waals surface area contributed by atoms with Gasteiger partial charge in [-0.3, -0.25) is 0 Å². The zero-order chi connectivity index (χ0) is 10.3. The van der Waals surface area contributed by atoms with E-state index in [4.69, 9.17) is 5.73 Å². The van der Waals surface area contributed by atoms with Crippen LogP contribution in [0.3, 0.4) is 0 Å². The molecule has 0 aliphatic heterocycles. The summed E-state index contributed by atoms with van der Waals surface area (Å²) in [5.41, 5.74) is 6.36. The number of nitrogens with two attached hydrogens (primary N) is 1. The highest BCUT2D eigenvalue weighted by Gasteiger charge is 2.50. The highest BCUT2D eigenvalue weighted by molar-refractivity contribution is 5.10. The molecule has 0 spiro atoms. The molecule has 2 bridgehead atoms. The molecule has 2 nitrogen and oxygen atoms in total. The second-order valence-electron chi connectivity index (χ2n) is 5.72. The summed E-state index contributed by atoms with van der Waals surface area (Å²) in [5, 5.41) is 3.88. The summed E-state index contributed by atoms with van der Waals surface area (Å²) < 4.78 is 0. The molecule has 0 heterocycles. The normalized spacial score (nSPS) is 44.3. The van der Waals surface area contributed by atoms with Gasteiger partial charge in [0.05, 0.1) is 0 Å². The third kappa shape index (κ3) is 1.55. The third-order valence-corrected chi connectivity index (χ3v) is 4.84. The van der Waals surface area contributed by atoms with Crippen LogP contribution in [0.5, 0.6) is 0 Å². The van der Waals surface area contributed by atoms with Crippen molar-refractivity contribution >= 4 is 0 Å². The van der Waals surface area contributed by atoms with Gasteiger partial charge >= 0.3 is 0 Å². The lowest BCUT2D eigenvalue weighted by Gasteiger charge is -2.40. The summed E-state index contributed by atoms with van der Waals surface area (Å²) >= 11 is 0. The first-order chi connectivity index (χ1) is 7.32. The molecule has 3 rings (SSSR count). The highest BCUT2D eigenvalue weighted by Crippen LogP contribution is 2.50. The number of hydrogen-bond acceptors (Lipinski definition) is 2. The van der Waals surface area contributed by atoms with E-state index in [2.05, 4.69) is 17.5 Å². The van der Waals surface area contributed by atoms with Crippen molar-refractivity contribution in [2.45, 2.75) is 50.1 Å². The minimum Gasteiger partial charge on any atom is -0.329 e. The van der Waals surface area contributed by atoms with Gasteiger partial charge in [-0.2, -0.15) is 0 Å². The van der Waals surface area contributed by atoms with Crippen molar-refractivity contribution in [2.75, 3.05) is 6.54 Å². The second-order valence-corrected chi connectivity index (χ2v) is 5.72. The van der Waals surface area contributed by atoms with Crippen molar-refractivity contribution in [1.29, 1.82) is 0 Å². The number of hydrogen-bond donors (Lipinski definition) is 2. The van der Waals surface area contributed by atoms with Crippen LogP contribution in [0.4, 0.5) is 0 Å². The van der Waals surface area contributed by atoms with Gasteiger partial charge in [-0.05, 0) is 43.9 Å². The van der Waals surface area contributed by atoms with Crippen molar-refractivity contribution in [3.05, 3.63) is 12.2 Å². The quantitative estimate of drug-likeness (QED) is 0.691. The summed E-state index contributed by atoms with van der Waals surface area (Å²) in [4.78, 5) is 0. The molecule has 0 radical (unpaired) electrons. The van der Waals surface area contributed by atoms with Crippen LogP contribution in [-0.4, -0.2) is 18.1 Å². The van der Waals surface area contributed by atoms with Crippen LogP contribution in [0, 0.1) is 11.8 Å². The maximum Gasteiger partial charge on any atom is 0.0337 e. The number of rotatable bonds is 3. The van der Waals surface area contributed by atoms with Crippen molar-refractivity contribution < 1.29 is 0 Å². The van der Waals surface area contributed by atoms with E-state index in [1.54, 1.807) is 0 Å². The molecule has 2 heteroatoms. The van der Waals surface area contributed by atoms with Crippen LogP contribution in [0.25, 0.3) is 0 Å². The van der Waals surface area contributed by atoms with E-state index in [9.17, 15) is 0 Å². The van der Waals surface area contributed by atoms with Gasteiger partial charge < -0.3 is 11.1 Å². The summed E-state index contributed by atoms with van der Waals surface area (Å²) in [7, 11) is 0. The van der Waals surface area contributed by atoms with Gasteiger partial charge in [-0.25, -0.2) is 0 Å². The van der Waals surface area contributed by atoms with Crippen LogP contribution < -0.4 is 11.1 Å². The Morgan fingerprint density at radius 1 is 1.27 bits per heavy atom. The van der Waals surface area contributed by atoms with Gasteiger partial charge in [0.2, 0.25) is 0 Å². The van der Waals surface area contributed by atoms with E-state index in [-0.39, 0.29) is 0 Å². The molecule has 15 heavy (non-hydrogen) atoms. The van der Waals surface area contributed by atoms with E-state index in [1.165, 1.54) is 38.5 Å². The van der Waals surface area contributed by atoms with Gasteiger partial charge in [-0.15, -0.1) is 0 Å². The molecule has 2 saturated carbocycles. The highest BCUT2D eigenvalue weighted by atomic mass is 15.1. The Kier molecular flexibility index (Phi) is 2.37. The fourth-order valence-corrected chi connectivity index (χ4v) is 4.07. The largest absolute Gasteiger partial charge is 0.329 e. The van der Waals surface area contributed by atoms with E-state index in [0.717, 1.165) is 18.4 Å². The molecule has 0 saturated heterocycles. The Bertz CT molecular complexity index is 266. The van der Waals surface area contributed by atoms with Crippen LogP contribution in [0.15, 0.2) is 12.2 Å². The average molecular weight is 206 g/mol. The Morgan fingerprint density at radius 3 is 2.60 bits per heavy atom. The fourth-order valence-electron chi connectivity index (χ4n) is 4.07. The van der Waals surface area contributed by atoms with Crippen LogP contribution >= 0.6 is 0 Å². The predicted octanol–water partition coefficient (Wildman–Crippen LogP) is 1.81. The minimum atomic E-state index is 0.305. The maximum absolute atomic E-state index is 6.05. The molecule has 0 aromatic rings. The first kappa shape index (κ1) is 9.86. The standard InChI is InChI=1S/C13H22N2/c14-9-13(15-12-3-1-2-4-12)8-10-5-6-11(13)7-10/h1-2,10-12,15H,3-9,14H2. The predicted molar refractivity (Wildman–Crippen MR) is 62.5 cm³/mol. The van der Waals surface area contributed by atoms with Gasteiger partial charge in [0.1, 0.15) is 0 Å². The summed E-state index contributed by atoms with van der Waals surface area (Å²) in [6, 6.07) is 0.674. The zero-order valence-electron chi connectivity index (χ0n) is 9.41. The minimum absolute atomic E-state index is 0.305. The van der Waals surface area contributed by atoms with Crippen LogP contribution in [0.2, 0.25) is 0 Å². The van der Waals surface area contributed by atoms with Gasteiger partial charge in [0, 0.05) is 18.1 Å². The lowest BCUT2D eigenvalue weighted by Crippen LogP contribution is -2.57. The Labute approximate surface area is 92.3 Å². The molecular formula is C13H22N2. The molecule has 84 valence electrons. The van der Waals surface area contributed by atoms with Crippen molar-refractivity contribution in [3.8, 4) is 0 Å². The smallest absolute Gasteiger partial charge is 0.0337 e. The maximum atomic E-state index is 6.05. The fraction of sp³-hybridized carbons (Fsp3) is 0.846. The van der Waals surface area contributed by atoms with Crippen LogP contribution in [-0.2, 0) is 0 Å².